The minimum atomic E-state index is -0.287. The number of methoxy groups -OCH3 is 1. The van der Waals surface area contributed by atoms with Crippen molar-refractivity contribution >= 4 is 5.91 Å². The molecule has 1 aromatic rings. The summed E-state index contributed by atoms with van der Waals surface area (Å²) < 4.78 is 5.08. The Morgan fingerprint density at radius 3 is 2.71 bits per heavy atom. The van der Waals surface area contributed by atoms with Crippen molar-refractivity contribution in [3.8, 4) is 11.5 Å². The van der Waals surface area contributed by atoms with E-state index >= 15 is 0 Å². The number of carbonyl (C=O) groups is 1. The molecule has 1 saturated carbocycles. The fourth-order valence-electron chi connectivity index (χ4n) is 2.94. The van der Waals surface area contributed by atoms with Gasteiger partial charge in [-0.1, -0.05) is 19.3 Å². The van der Waals surface area contributed by atoms with E-state index in [2.05, 4.69) is 5.32 Å². The van der Waals surface area contributed by atoms with Crippen LogP contribution in [-0.4, -0.2) is 31.2 Å². The molecule has 0 unspecified atom stereocenters. The monoisotopic (exact) mass is 292 g/mol. The number of hydrogen-bond acceptors (Lipinski definition) is 4. The van der Waals surface area contributed by atoms with Gasteiger partial charge in [0.05, 0.1) is 12.7 Å². The van der Waals surface area contributed by atoms with Crippen molar-refractivity contribution in [2.45, 2.75) is 32.1 Å². The standard InChI is InChI=1S/C16H24N2O3/c1-21-12-5-6-14(19)13(9-12)15(20)18-11-16(10-17)7-3-2-4-8-16/h5-6,9,19H,2-4,7-8,10-11,17H2,1H3,(H,18,20). The zero-order valence-electron chi connectivity index (χ0n) is 12.5. The van der Waals surface area contributed by atoms with E-state index in [4.69, 9.17) is 10.5 Å². The number of aromatic hydroxyl groups is 1. The minimum Gasteiger partial charge on any atom is -0.507 e. The lowest BCUT2D eigenvalue weighted by Gasteiger charge is -2.36. The molecular formula is C16H24N2O3. The summed E-state index contributed by atoms with van der Waals surface area (Å²) in [6, 6.07) is 4.63. The van der Waals surface area contributed by atoms with Crippen LogP contribution in [0.1, 0.15) is 42.5 Å². The molecule has 1 amide bonds. The van der Waals surface area contributed by atoms with Gasteiger partial charge >= 0.3 is 0 Å². The molecule has 5 heteroatoms. The molecule has 0 spiro atoms. The summed E-state index contributed by atoms with van der Waals surface area (Å²) in [4.78, 5) is 12.3. The van der Waals surface area contributed by atoms with E-state index in [1.807, 2.05) is 0 Å². The summed E-state index contributed by atoms with van der Waals surface area (Å²) in [6.07, 6.45) is 5.67. The number of ether oxygens (including phenoxy) is 1. The first-order valence-electron chi connectivity index (χ1n) is 7.45. The van der Waals surface area contributed by atoms with Gasteiger partial charge in [0.15, 0.2) is 0 Å². The molecular weight excluding hydrogens is 268 g/mol. The summed E-state index contributed by atoms with van der Waals surface area (Å²) in [7, 11) is 1.53. The Morgan fingerprint density at radius 1 is 1.38 bits per heavy atom. The zero-order valence-corrected chi connectivity index (χ0v) is 12.5. The Morgan fingerprint density at radius 2 is 2.10 bits per heavy atom. The quantitative estimate of drug-likeness (QED) is 0.775. The number of nitrogens with one attached hydrogen (secondary N) is 1. The van der Waals surface area contributed by atoms with Gasteiger partial charge in [0.1, 0.15) is 11.5 Å². The normalized spacial score (nSPS) is 17.2. The van der Waals surface area contributed by atoms with Crippen LogP contribution < -0.4 is 15.8 Å². The second kappa shape index (κ2) is 6.80. The summed E-state index contributed by atoms with van der Waals surface area (Å²) in [6.45, 7) is 1.14. The summed E-state index contributed by atoms with van der Waals surface area (Å²) in [5.74, 6) is 0.215. The van der Waals surface area contributed by atoms with E-state index in [9.17, 15) is 9.90 Å². The molecule has 0 saturated heterocycles. The molecule has 0 aromatic heterocycles. The molecule has 21 heavy (non-hydrogen) atoms. The highest BCUT2D eigenvalue weighted by Crippen LogP contribution is 2.34. The fraction of sp³-hybridized carbons (Fsp3) is 0.562. The maximum atomic E-state index is 12.3. The maximum absolute atomic E-state index is 12.3. The van der Waals surface area contributed by atoms with Gasteiger partial charge < -0.3 is 20.9 Å². The highest BCUT2D eigenvalue weighted by atomic mass is 16.5. The van der Waals surface area contributed by atoms with Crippen LogP contribution in [0.25, 0.3) is 0 Å². The van der Waals surface area contributed by atoms with Crippen molar-refractivity contribution in [2.75, 3.05) is 20.2 Å². The van der Waals surface area contributed by atoms with Crippen LogP contribution >= 0.6 is 0 Å². The van der Waals surface area contributed by atoms with Gasteiger partial charge in [-0.15, -0.1) is 0 Å². The predicted molar refractivity (Wildman–Crippen MR) is 81.6 cm³/mol. The number of rotatable bonds is 5. The second-order valence-electron chi connectivity index (χ2n) is 5.83. The van der Waals surface area contributed by atoms with Crippen molar-refractivity contribution < 1.29 is 14.6 Å². The van der Waals surface area contributed by atoms with Gasteiger partial charge in [-0.3, -0.25) is 4.79 Å². The number of hydrogen-bond donors (Lipinski definition) is 3. The van der Waals surface area contributed by atoms with Crippen LogP contribution in [0, 0.1) is 5.41 Å². The summed E-state index contributed by atoms with van der Waals surface area (Å²) in [5.41, 5.74) is 6.15. The Balaban J connectivity index is 2.04. The third-order valence-corrected chi connectivity index (χ3v) is 4.42. The fourth-order valence-corrected chi connectivity index (χ4v) is 2.94. The largest absolute Gasteiger partial charge is 0.507 e. The zero-order chi connectivity index (χ0) is 15.3. The molecule has 0 bridgehead atoms. The van der Waals surface area contributed by atoms with Crippen molar-refractivity contribution in [1.82, 2.24) is 5.32 Å². The van der Waals surface area contributed by atoms with Gasteiger partial charge in [-0.25, -0.2) is 0 Å². The van der Waals surface area contributed by atoms with Crippen LogP contribution in [0.15, 0.2) is 18.2 Å². The van der Waals surface area contributed by atoms with E-state index in [0.29, 0.717) is 18.8 Å². The Kier molecular flexibility index (Phi) is 5.07. The Labute approximate surface area is 125 Å². The molecule has 0 radical (unpaired) electrons. The highest BCUT2D eigenvalue weighted by Gasteiger charge is 2.31. The molecule has 0 atom stereocenters. The molecule has 0 aliphatic heterocycles. The van der Waals surface area contributed by atoms with Crippen molar-refractivity contribution in [1.29, 1.82) is 0 Å². The van der Waals surface area contributed by atoms with E-state index in [1.165, 1.54) is 19.6 Å². The number of phenols is 1. The summed E-state index contributed by atoms with van der Waals surface area (Å²) >= 11 is 0. The van der Waals surface area contributed by atoms with Crippen LogP contribution in [-0.2, 0) is 0 Å². The molecule has 1 aliphatic carbocycles. The SMILES string of the molecule is COc1ccc(O)c(C(=O)NCC2(CN)CCCCC2)c1. The number of nitrogens with two attached hydrogens (primary N) is 1. The molecule has 1 aromatic carbocycles. The van der Waals surface area contributed by atoms with E-state index in [1.54, 1.807) is 12.1 Å². The van der Waals surface area contributed by atoms with Crippen molar-refractivity contribution in [3.63, 3.8) is 0 Å². The molecule has 2 rings (SSSR count). The predicted octanol–water partition coefficient (Wildman–Crippen LogP) is 2.04. The van der Waals surface area contributed by atoms with Crippen molar-refractivity contribution in [3.05, 3.63) is 23.8 Å². The molecule has 1 aliphatic rings. The Hall–Kier alpha value is -1.75. The van der Waals surface area contributed by atoms with Crippen LogP contribution in [0.2, 0.25) is 0 Å². The molecule has 1 fully saturated rings. The van der Waals surface area contributed by atoms with Crippen molar-refractivity contribution in [2.24, 2.45) is 11.1 Å². The van der Waals surface area contributed by atoms with Gasteiger partial charge in [0.2, 0.25) is 0 Å². The van der Waals surface area contributed by atoms with E-state index in [-0.39, 0.29) is 22.6 Å². The first-order chi connectivity index (χ1) is 10.1. The molecule has 4 N–H and O–H groups in total. The topological polar surface area (TPSA) is 84.6 Å². The highest BCUT2D eigenvalue weighted by molar-refractivity contribution is 5.97. The lowest BCUT2D eigenvalue weighted by atomic mass is 9.74. The van der Waals surface area contributed by atoms with Crippen LogP contribution in [0.3, 0.4) is 0 Å². The van der Waals surface area contributed by atoms with Gasteiger partial charge in [0, 0.05) is 6.54 Å². The van der Waals surface area contributed by atoms with Crippen LogP contribution in [0.5, 0.6) is 11.5 Å². The third kappa shape index (κ3) is 3.67. The summed E-state index contributed by atoms with van der Waals surface area (Å²) in [5, 5.41) is 12.7. The smallest absolute Gasteiger partial charge is 0.255 e. The van der Waals surface area contributed by atoms with Crippen LogP contribution in [0.4, 0.5) is 0 Å². The van der Waals surface area contributed by atoms with Gasteiger partial charge in [-0.05, 0) is 43.0 Å². The lowest BCUT2D eigenvalue weighted by Crippen LogP contribution is -2.43. The van der Waals surface area contributed by atoms with E-state index < -0.39 is 0 Å². The average molecular weight is 292 g/mol. The number of benzene rings is 1. The first-order valence-corrected chi connectivity index (χ1v) is 7.45. The van der Waals surface area contributed by atoms with Gasteiger partial charge in [-0.2, -0.15) is 0 Å². The lowest BCUT2D eigenvalue weighted by molar-refractivity contribution is 0.0911. The van der Waals surface area contributed by atoms with Gasteiger partial charge in [0.25, 0.3) is 5.91 Å². The second-order valence-corrected chi connectivity index (χ2v) is 5.83. The number of phenolic OH excluding ortho intramolecular Hbond substituents is 1. The van der Waals surface area contributed by atoms with E-state index in [0.717, 1.165) is 25.7 Å². The Bertz CT molecular complexity index is 496. The molecule has 0 heterocycles. The molecule has 116 valence electrons. The molecule has 5 nitrogen and oxygen atoms in total. The first kappa shape index (κ1) is 15.6. The average Bonchev–Trinajstić information content (AvgIpc) is 2.54. The maximum Gasteiger partial charge on any atom is 0.255 e. The third-order valence-electron chi connectivity index (χ3n) is 4.42. The number of carbonyl (C=O) groups excluding carboxylic acids is 1. The number of amides is 1. The minimum absolute atomic E-state index is 0.00238.